The van der Waals surface area contributed by atoms with Crippen LogP contribution >= 0.6 is 0 Å². The molecule has 2 fully saturated rings. The fraction of sp³-hybridized carbons (Fsp3) is 0.310. The van der Waals surface area contributed by atoms with Crippen molar-refractivity contribution in [1.29, 1.82) is 0 Å². The van der Waals surface area contributed by atoms with Gasteiger partial charge in [0.25, 0.3) is 0 Å². The van der Waals surface area contributed by atoms with Gasteiger partial charge >= 0.3 is 11.9 Å². The zero-order chi connectivity index (χ0) is 27.0. The van der Waals surface area contributed by atoms with E-state index in [0.717, 1.165) is 49.6 Å². The van der Waals surface area contributed by atoms with Crippen molar-refractivity contribution in [2.24, 2.45) is 0 Å². The van der Waals surface area contributed by atoms with E-state index in [0.29, 0.717) is 6.61 Å². The Balaban J connectivity index is 0.000000505. The minimum absolute atomic E-state index is 0.0215. The van der Waals surface area contributed by atoms with Gasteiger partial charge in [0.1, 0.15) is 5.75 Å². The molecular weight excluding hydrogens is 488 g/mol. The van der Waals surface area contributed by atoms with E-state index in [9.17, 15) is 0 Å². The van der Waals surface area contributed by atoms with Gasteiger partial charge in [0.15, 0.2) is 0 Å². The number of methoxy groups -OCH3 is 1. The summed E-state index contributed by atoms with van der Waals surface area (Å²) < 4.78 is 18.6. The van der Waals surface area contributed by atoms with Crippen LogP contribution in [0.4, 0.5) is 5.69 Å². The Hall–Kier alpha value is -3.92. The average molecular weight is 521 g/mol. The first-order valence-electron chi connectivity index (χ1n) is 12.4. The second-order valence-electron chi connectivity index (χ2n) is 8.97. The summed E-state index contributed by atoms with van der Waals surface area (Å²) in [5, 5.41) is 14.8. The number of hydrogen-bond donors (Lipinski definition) is 2. The molecule has 38 heavy (non-hydrogen) atoms. The number of para-hydroxylation sites is 2. The number of nitrogens with zero attached hydrogens (tertiary/aromatic N) is 2. The summed E-state index contributed by atoms with van der Waals surface area (Å²) in [5.41, 5.74) is 3.24. The van der Waals surface area contributed by atoms with Gasteiger partial charge in [-0.3, -0.25) is 4.90 Å². The van der Waals surface area contributed by atoms with Crippen LogP contribution in [0, 0.1) is 0 Å². The van der Waals surface area contributed by atoms with Crippen LogP contribution in [0.2, 0.25) is 0 Å². The van der Waals surface area contributed by atoms with Crippen molar-refractivity contribution in [2.45, 2.75) is 11.9 Å². The number of piperazine rings is 1. The molecule has 1 unspecified atom stereocenters. The predicted molar refractivity (Wildman–Crippen MR) is 141 cm³/mol. The van der Waals surface area contributed by atoms with Crippen molar-refractivity contribution in [3.8, 4) is 5.75 Å². The van der Waals surface area contributed by atoms with E-state index < -0.39 is 17.7 Å². The maximum absolute atomic E-state index is 9.10. The lowest BCUT2D eigenvalue weighted by Gasteiger charge is -2.37. The number of carbonyl (C=O) groups is 2. The van der Waals surface area contributed by atoms with Gasteiger partial charge in [-0.1, -0.05) is 72.8 Å². The third-order valence-corrected chi connectivity index (χ3v) is 6.56. The molecule has 0 amide bonds. The van der Waals surface area contributed by atoms with Crippen molar-refractivity contribution in [3.05, 3.63) is 96.1 Å². The second kappa shape index (κ2) is 12.6. The molecule has 0 radical (unpaired) electrons. The molecule has 3 aromatic carbocycles. The fourth-order valence-corrected chi connectivity index (χ4v) is 4.74. The standard InChI is InChI=1S/C27H30N2O3.C2H2O4/c1-30-26-15-9-8-14-25(26)29-18-16-28(17-19-29)20-24-21-31-27(32-24,22-10-4-2-5-11-22)23-12-6-3-7-13-23;3-1(4)2(5)6/h2-15,24H,16-21H2,1H3;(H,3,4)(H,5,6). The third-order valence-electron chi connectivity index (χ3n) is 6.56. The van der Waals surface area contributed by atoms with E-state index in [4.69, 9.17) is 34.0 Å². The Morgan fingerprint density at radius 2 is 1.37 bits per heavy atom. The molecule has 0 spiro atoms. The molecule has 200 valence electrons. The Bertz CT molecular complexity index is 1150. The first-order valence-corrected chi connectivity index (χ1v) is 12.4. The zero-order valence-corrected chi connectivity index (χ0v) is 21.2. The van der Waals surface area contributed by atoms with Gasteiger partial charge in [0, 0.05) is 43.9 Å². The van der Waals surface area contributed by atoms with Crippen molar-refractivity contribution in [3.63, 3.8) is 0 Å². The van der Waals surface area contributed by atoms with E-state index in [1.54, 1.807) is 7.11 Å². The Morgan fingerprint density at radius 1 is 0.842 bits per heavy atom. The van der Waals surface area contributed by atoms with Crippen molar-refractivity contribution < 1.29 is 34.0 Å². The van der Waals surface area contributed by atoms with Crippen LogP contribution in [0.25, 0.3) is 0 Å². The molecule has 0 aliphatic carbocycles. The lowest BCUT2D eigenvalue weighted by atomic mass is 9.97. The van der Waals surface area contributed by atoms with Gasteiger partial charge in [0.05, 0.1) is 25.5 Å². The number of benzene rings is 3. The third kappa shape index (κ3) is 6.31. The molecule has 9 heteroatoms. The maximum Gasteiger partial charge on any atom is 0.414 e. The Morgan fingerprint density at radius 3 is 1.89 bits per heavy atom. The summed E-state index contributed by atoms with van der Waals surface area (Å²) in [6.07, 6.45) is 0.0215. The van der Waals surface area contributed by atoms with Crippen LogP contribution in [0.3, 0.4) is 0 Å². The topological polar surface area (TPSA) is 109 Å². The number of aliphatic carboxylic acids is 2. The number of hydrogen-bond acceptors (Lipinski definition) is 7. The van der Waals surface area contributed by atoms with Crippen LogP contribution in [0.5, 0.6) is 5.75 Å². The molecule has 9 nitrogen and oxygen atoms in total. The Labute approximate surface area is 221 Å². The van der Waals surface area contributed by atoms with Gasteiger partial charge in [0.2, 0.25) is 5.79 Å². The van der Waals surface area contributed by atoms with Crippen molar-refractivity contribution >= 4 is 17.6 Å². The lowest BCUT2D eigenvalue weighted by molar-refractivity contribution is -0.159. The normalized spacial score (nSPS) is 18.8. The number of carboxylic acid groups (broad SMARTS) is 2. The molecule has 2 aliphatic rings. The van der Waals surface area contributed by atoms with Crippen LogP contribution in [-0.2, 0) is 24.8 Å². The van der Waals surface area contributed by atoms with Gasteiger partial charge in [-0.15, -0.1) is 0 Å². The molecule has 3 aromatic rings. The minimum atomic E-state index is -1.82. The van der Waals surface area contributed by atoms with Gasteiger partial charge in [-0.2, -0.15) is 0 Å². The van der Waals surface area contributed by atoms with Crippen molar-refractivity contribution in [2.75, 3.05) is 51.3 Å². The Kier molecular flexibility index (Phi) is 8.96. The molecule has 1 atom stereocenters. The molecular formula is C29H32N2O7. The summed E-state index contributed by atoms with van der Waals surface area (Å²) in [7, 11) is 1.73. The molecule has 0 saturated carbocycles. The van der Waals surface area contributed by atoms with Crippen LogP contribution < -0.4 is 9.64 Å². The highest BCUT2D eigenvalue weighted by molar-refractivity contribution is 6.27. The highest BCUT2D eigenvalue weighted by atomic mass is 16.7. The largest absolute Gasteiger partial charge is 0.495 e. The summed E-state index contributed by atoms with van der Waals surface area (Å²) in [6, 6.07) is 28.8. The lowest BCUT2D eigenvalue weighted by Crippen LogP contribution is -2.49. The summed E-state index contributed by atoms with van der Waals surface area (Å²) >= 11 is 0. The quantitative estimate of drug-likeness (QED) is 0.473. The highest BCUT2D eigenvalue weighted by Gasteiger charge is 2.45. The van der Waals surface area contributed by atoms with Crippen LogP contribution in [0.15, 0.2) is 84.9 Å². The van der Waals surface area contributed by atoms with Gasteiger partial charge < -0.3 is 29.3 Å². The number of rotatable bonds is 6. The number of anilines is 1. The maximum atomic E-state index is 9.10. The predicted octanol–water partition coefficient (Wildman–Crippen LogP) is 3.29. The van der Waals surface area contributed by atoms with E-state index in [1.165, 1.54) is 5.69 Å². The number of ether oxygens (including phenoxy) is 3. The van der Waals surface area contributed by atoms with E-state index in [2.05, 4.69) is 46.2 Å². The SMILES string of the molecule is COc1ccccc1N1CCN(CC2COC(c3ccccc3)(c3ccccc3)O2)CC1.O=C(O)C(=O)O. The number of carboxylic acids is 2. The summed E-state index contributed by atoms with van der Waals surface area (Å²) in [6.45, 7) is 5.35. The summed E-state index contributed by atoms with van der Waals surface area (Å²) in [4.78, 5) is 23.1. The van der Waals surface area contributed by atoms with E-state index in [1.807, 2.05) is 48.5 Å². The molecule has 2 heterocycles. The zero-order valence-electron chi connectivity index (χ0n) is 21.2. The molecule has 0 aromatic heterocycles. The smallest absolute Gasteiger partial charge is 0.414 e. The minimum Gasteiger partial charge on any atom is -0.495 e. The fourth-order valence-electron chi connectivity index (χ4n) is 4.74. The monoisotopic (exact) mass is 520 g/mol. The second-order valence-corrected chi connectivity index (χ2v) is 8.97. The molecule has 2 N–H and O–H groups in total. The van der Waals surface area contributed by atoms with Gasteiger partial charge in [-0.05, 0) is 12.1 Å². The van der Waals surface area contributed by atoms with Gasteiger partial charge in [-0.25, -0.2) is 9.59 Å². The molecule has 0 bridgehead atoms. The highest BCUT2D eigenvalue weighted by Crippen LogP contribution is 2.40. The van der Waals surface area contributed by atoms with E-state index >= 15 is 0 Å². The van der Waals surface area contributed by atoms with Crippen LogP contribution in [-0.4, -0.2) is 79.6 Å². The molecule has 2 saturated heterocycles. The van der Waals surface area contributed by atoms with Crippen molar-refractivity contribution in [1.82, 2.24) is 4.90 Å². The average Bonchev–Trinajstić information content (AvgIpc) is 3.39. The first kappa shape index (κ1) is 27.1. The first-order chi connectivity index (χ1) is 18.4. The van der Waals surface area contributed by atoms with Crippen LogP contribution in [0.1, 0.15) is 11.1 Å². The van der Waals surface area contributed by atoms with E-state index in [-0.39, 0.29) is 6.10 Å². The summed E-state index contributed by atoms with van der Waals surface area (Å²) in [5.74, 6) is -3.55. The molecule has 5 rings (SSSR count). The molecule has 2 aliphatic heterocycles.